The highest BCUT2D eigenvalue weighted by molar-refractivity contribution is 8.14. The summed E-state index contributed by atoms with van der Waals surface area (Å²) in [4.78, 5) is 26.3. The number of pyridine rings is 1. The Morgan fingerprint density at radius 2 is 1.67 bits per heavy atom. The molecule has 4 nitrogen and oxygen atoms in total. The van der Waals surface area contributed by atoms with E-state index in [0.717, 1.165) is 35.4 Å². The summed E-state index contributed by atoms with van der Waals surface area (Å²) in [6.45, 7) is 8.45. The van der Waals surface area contributed by atoms with Crippen LogP contribution in [0.15, 0.2) is 30.3 Å². The molecule has 0 fully saturated rings. The fourth-order valence-corrected chi connectivity index (χ4v) is 4.34. The molecule has 0 aliphatic rings. The molecule has 1 aromatic carbocycles. The van der Waals surface area contributed by atoms with Gasteiger partial charge < -0.3 is 28.7 Å². The van der Waals surface area contributed by atoms with E-state index in [-0.39, 0.29) is 35.1 Å². The minimum atomic E-state index is -0.344. The predicted molar refractivity (Wildman–Crippen MR) is 119 cm³/mol. The number of rotatable bonds is 9. The van der Waals surface area contributed by atoms with Gasteiger partial charge in [-0.05, 0) is 36.3 Å². The molecule has 1 heterocycles. The van der Waals surface area contributed by atoms with E-state index in [1.807, 2.05) is 55.8 Å². The van der Waals surface area contributed by atoms with Gasteiger partial charge in [-0.2, -0.15) is 4.57 Å². The molecular formula is C24H32INO3S. The maximum absolute atomic E-state index is 13.2. The van der Waals surface area contributed by atoms with Crippen molar-refractivity contribution in [2.24, 2.45) is 7.05 Å². The standard InChI is InChI=1S/C24H32NO3S.HI/c1-6-13-18-20(24(27)29-9-4)19(8-3)25(5)22(17-14-11-10-12-15-17)21(18)23(26)28-16-7-2;/h10-12,14-15H,6-9,13,16H2,1-5H3;1H/q+1;/p-1. The molecule has 2 aromatic rings. The molecule has 0 spiro atoms. The maximum atomic E-state index is 13.2. The normalized spacial score (nSPS) is 10.4. The lowest BCUT2D eigenvalue weighted by atomic mass is 9.91. The minimum Gasteiger partial charge on any atom is -1.00 e. The molecule has 6 heteroatoms. The van der Waals surface area contributed by atoms with Crippen molar-refractivity contribution in [3.05, 3.63) is 52.7 Å². The summed E-state index contributed by atoms with van der Waals surface area (Å²) in [5.41, 5.74) is 4.79. The summed E-state index contributed by atoms with van der Waals surface area (Å²) < 4.78 is 7.59. The third kappa shape index (κ3) is 5.84. The molecule has 0 saturated carbocycles. The molecule has 0 aliphatic heterocycles. The Labute approximate surface area is 201 Å². The molecule has 0 unspecified atom stereocenters. The highest BCUT2D eigenvalue weighted by atomic mass is 127. The van der Waals surface area contributed by atoms with E-state index in [2.05, 4.69) is 13.8 Å². The van der Waals surface area contributed by atoms with Crippen molar-refractivity contribution in [2.45, 2.75) is 53.4 Å². The van der Waals surface area contributed by atoms with E-state index in [1.165, 1.54) is 11.8 Å². The second kappa shape index (κ2) is 13.1. The van der Waals surface area contributed by atoms with E-state index >= 15 is 0 Å². The van der Waals surface area contributed by atoms with Crippen molar-refractivity contribution in [3.63, 3.8) is 0 Å². The number of benzene rings is 1. The number of hydrogen-bond donors (Lipinski definition) is 0. The third-order valence-electron chi connectivity index (χ3n) is 4.87. The van der Waals surface area contributed by atoms with Gasteiger partial charge >= 0.3 is 5.97 Å². The number of ether oxygens (including phenoxy) is 1. The fourth-order valence-electron chi connectivity index (χ4n) is 3.69. The topological polar surface area (TPSA) is 47.3 Å². The van der Waals surface area contributed by atoms with Crippen LogP contribution in [0.4, 0.5) is 0 Å². The van der Waals surface area contributed by atoms with Gasteiger partial charge in [0.2, 0.25) is 10.8 Å². The molecule has 0 saturated heterocycles. The van der Waals surface area contributed by atoms with Crippen molar-refractivity contribution in [1.82, 2.24) is 0 Å². The summed E-state index contributed by atoms with van der Waals surface area (Å²) in [5, 5.41) is 0.0348. The molecule has 0 N–H and O–H groups in total. The Balaban J connectivity index is 0.00000450. The predicted octanol–water partition coefficient (Wildman–Crippen LogP) is 2.16. The summed E-state index contributed by atoms with van der Waals surface area (Å²) >= 11 is 1.30. The van der Waals surface area contributed by atoms with Crippen LogP contribution < -0.4 is 28.5 Å². The molecular weight excluding hydrogens is 509 g/mol. The number of thioether (sulfide) groups is 1. The first-order valence-corrected chi connectivity index (χ1v) is 11.5. The number of carbonyl (C=O) groups is 2. The average molecular weight is 541 g/mol. The lowest BCUT2D eigenvalue weighted by molar-refractivity contribution is -0.668. The molecule has 0 radical (unpaired) electrons. The monoisotopic (exact) mass is 541 g/mol. The van der Waals surface area contributed by atoms with E-state index in [9.17, 15) is 9.59 Å². The highest BCUT2D eigenvalue weighted by Crippen LogP contribution is 2.31. The quantitative estimate of drug-likeness (QED) is 0.278. The number of esters is 1. The van der Waals surface area contributed by atoms with Crippen LogP contribution in [0.5, 0.6) is 0 Å². The zero-order chi connectivity index (χ0) is 21.4. The van der Waals surface area contributed by atoms with Gasteiger partial charge in [0.1, 0.15) is 12.6 Å². The number of aromatic nitrogens is 1. The van der Waals surface area contributed by atoms with Crippen molar-refractivity contribution in [1.29, 1.82) is 0 Å². The van der Waals surface area contributed by atoms with Crippen LogP contribution in [0.2, 0.25) is 0 Å². The number of carbonyl (C=O) groups excluding carboxylic acids is 2. The van der Waals surface area contributed by atoms with Gasteiger partial charge in [0.25, 0.3) is 0 Å². The Morgan fingerprint density at radius 3 is 2.20 bits per heavy atom. The Kier molecular flexibility index (Phi) is 11.6. The first-order chi connectivity index (χ1) is 14.0. The van der Waals surface area contributed by atoms with Crippen LogP contribution in [-0.2, 0) is 24.6 Å². The number of nitrogens with zero attached hydrogens (tertiary/aromatic N) is 1. The van der Waals surface area contributed by atoms with E-state index < -0.39 is 0 Å². The maximum Gasteiger partial charge on any atom is 0.345 e. The molecule has 2 rings (SSSR count). The summed E-state index contributed by atoms with van der Waals surface area (Å²) in [6.07, 6.45) is 2.97. The number of hydrogen-bond acceptors (Lipinski definition) is 4. The molecule has 0 amide bonds. The Bertz CT molecular complexity index is 869. The van der Waals surface area contributed by atoms with Crippen LogP contribution in [0.25, 0.3) is 11.3 Å². The summed E-state index contributed by atoms with van der Waals surface area (Å²) in [7, 11) is 1.95. The number of halogens is 1. The van der Waals surface area contributed by atoms with E-state index in [0.29, 0.717) is 36.3 Å². The van der Waals surface area contributed by atoms with Crippen LogP contribution in [0.3, 0.4) is 0 Å². The van der Waals surface area contributed by atoms with Crippen LogP contribution in [0, 0.1) is 0 Å². The Hall–Kier alpha value is -1.41. The van der Waals surface area contributed by atoms with Crippen LogP contribution >= 0.6 is 11.8 Å². The van der Waals surface area contributed by atoms with E-state index in [4.69, 9.17) is 4.74 Å². The van der Waals surface area contributed by atoms with Crippen LogP contribution in [0.1, 0.15) is 72.5 Å². The molecule has 0 aliphatic carbocycles. The van der Waals surface area contributed by atoms with E-state index in [1.54, 1.807) is 0 Å². The van der Waals surface area contributed by atoms with Gasteiger partial charge in [-0.15, -0.1) is 0 Å². The Morgan fingerprint density at radius 1 is 1.00 bits per heavy atom. The van der Waals surface area contributed by atoms with Crippen molar-refractivity contribution in [3.8, 4) is 11.3 Å². The summed E-state index contributed by atoms with van der Waals surface area (Å²) in [5.74, 6) is 0.357. The van der Waals surface area contributed by atoms with Gasteiger partial charge in [-0.1, -0.05) is 64.1 Å². The van der Waals surface area contributed by atoms with Gasteiger partial charge in [-0.25, -0.2) is 4.79 Å². The van der Waals surface area contributed by atoms with Crippen molar-refractivity contribution >= 4 is 22.8 Å². The third-order valence-corrected chi connectivity index (χ3v) is 5.63. The molecule has 30 heavy (non-hydrogen) atoms. The van der Waals surface area contributed by atoms with Crippen molar-refractivity contribution < 1.29 is 42.9 Å². The second-order valence-electron chi connectivity index (χ2n) is 6.91. The largest absolute Gasteiger partial charge is 1.00 e. The van der Waals surface area contributed by atoms with Crippen molar-refractivity contribution in [2.75, 3.05) is 12.4 Å². The fraction of sp³-hybridized carbons (Fsp3) is 0.458. The molecule has 164 valence electrons. The molecule has 0 atom stereocenters. The summed E-state index contributed by atoms with van der Waals surface area (Å²) in [6, 6.07) is 9.90. The van der Waals surface area contributed by atoms with Gasteiger partial charge in [0, 0.05) is 12.0 Å². The lowest BCUT2D eigenvalue weighted by Crippen LogP contribution is -3.00. The SMILES string of the molecule is CCCOC(=O)c1c(CCC)c(C(=O)SCC)c(CC)[n+](C)c1-c1ccccc1.[I-]. The lowest BCUT2D eigenvalue weighted by Gasteiger charge is -2.18. The first-order valence-electron chi connectivity index (χ1n) is 10.5. The van der Waals surface area contributed by atoms with Crippen LogP contribution in [-0.4, -0.2) is 23.4 Å². The van der Waals surface area contributed by atoms with Gasteiger partial charge in [0.15, 0.2) is 5.69 Å². The molecule has 0 bridgehead atoms. The zero-order valence-electron chi connectivity index (χ0n) is 18.6. The average Bonchev–Trinajstić information content (AvgIpc) is 2.73. The second-order valence-corrected chi connectivity index (χ2v) is 8.15. The highest BCUT2D eigenvalue weighted by Gasteiger charge is 2.35. The van der Waals surface area contributed by atoms with Gasteiger partial charge in [-0.3, -0.25) is 4.79 Å². The minimum absolute atomic E-state index is 0. The van der Waals surface area contributed by atoms with Gasteiger partial charge in [0.05, 0.1) is 12.2 Å². The smallest absolute Gasteiger partial charge is 0.345 e. The zero-order valence-corrected chi connectivity index (χ0v) is 21.6. The first kappa shape index (κ1) is 26.6. The molecule has 1 aromatic heterocycles.